The Labute approximate surface area is 111 Å². The van der Waals surface area contributed by atoms with Gasteiger partial charge in [0.2, 0.25) is 0 Å². The van der Waals surface area contributed by atoms with Crippen molar-refractivity contribution in [1.29, 1.82) is 0 Å². The van der Waals surface area contributed by atoms with Crippen molar-refractivity contribution in [3.05, 3.63) is 41.5 Å². The van der Waals surface area contributed by atoms with Crippen LogP contribution in [0, 0.1) is 0 Å². The van der Waals surface area contributed by atoms with E-state index in [1.807, 2.05) is 0 Å². The molecular formula is C8H17F2HfN3Si. The average Bonchev–Trinajstić information content (AvgIpc) is 2.80. The first kappa shape index (κ1) is 24.4. The van der Waals surface area contributed by atoms with E-state index in [-0.39, 0.29) is 31.0 Å². The van der Waals surface area contributed by atoms with E-state index in [4.69, 9.17) is 17.2 Å². The molecule has 1 aromatic rings. The standard InChI is InChI=1S/C5H5F2Si.3CH4N.Hf/c6-8(7)5-3-1-2-4-5;3*1-2;/h1-4,8H;3*2H,1H3;/q4*-1;+4. The maximum absolute atomic E-state index is 11.7. The van der Waals surface area contributed by atoms with Gasteiger partial charge in [-0.05, 0) is 0 Å². The van der Waals surface area contributed by atoms with E-state index < -0.39 is 9.46 Å². The van der Waals surface area contributed by atoms with Crippen molar-refractivity contribution >= 4 is 14.7 Å². The molecule has 3 nitrogen and oxygen atoms in total. The minimum absolute atomic E-state index is 0. The molecule has 3 N–H and O–H groups in total. The Kier molecular flexibility index (Phi) is 38.7. The van der Waals surface area contributed by atoms with Gasteiger partial charge in [-0.2, -0.15) is 33.3 Å². The summed E-state index contributed by atoms with van der Waals surface area (Å²) < 4.78 is 23.5. The summed E-state index contributed by atoms with van der Waals surface area (Å²) in [6.07, 6.45) is 0. The minimum atomic E-state index is -3.48. The van der Waals surface area contributed by atoms with E-state index in [0.717, 1.165) is 0 Å². The summed E-state index contributed by atoms with van der Waals surface area (Å²) in [5, 5.41) is 0.241. The number of nitrogens with one attached hydrogen (secondary N) is 3. The van der Waals surface area contributed by atoms with Gasteiger partial charge in [0.05, 0.1) is 0 Å². The molecule has 0 bridgehead atoms. The molecule has 0 atom stereocenters. The van der Waals surface area contributed by atoms with Crippen LogP contribution >= 0.6 is 0 Å². The molecule has 0 aliphatic heterocycles. The molecule has 0 spiro atoms. The van der Waals surface area contributed by atoms with Crippen molar-refractivity contribution in [3.8, 4) is 0 Å². The van der Waals surface area contributed by atoms with Crippen molar-refractivity contribution in [2.75, 3.05) is 21.1 Å². The van der Waals surface area contributed by atoms with E-state index in [1.54, 1.807) is 12.1 Å². The van der Waals surface area contributed by atoms with Crippen molar-refractivity contribution in [1.82, 2.24) is 0 Å². The summed E-state index contributed by atoms with van der Waals surface area (Å²) in [6, 6.07) is 6.21. The van der Waals surface area contributed by atoms with Crippen LogP contribution in [0.5, 0.6) is 0 Å². The Hall–Kier alpha value is 0.177. The summed E-state index contributed by atoms with van der Waals surface area (Å²) in [5.41, 5.74) is 17.2. The summed E-state index contributed by atoms with van der Waals surface area (Å²) in [5.74, 6) is 0. The van der Waals surface area contributed by atoms with Crippen LogP contribution in [0.3, 0.4) is 0 Å². The minimum Gasteiger partial charge on any atom is -0.680 e. The first-order chi connectivity index (χ1) is 6.80. The van der Waals surface area contributed by atoms with Gasteiger partial charge in [0.1, 0.15) is 0 Å². The number of hydrogen-bond donors (Lipinski definition) is 0. The van der Waals surface area contributed by atoms with Gasteiger partial charge in [-0.1, -0.05) is 0 Å². The van der Waals surface area contributed by atoms with E-state index >= 15 is 0 Å². The van der Waals surface area contributed by atoms with E-state index in [2.05, 4.69) is 0 Å². The second-order valence-electron chi connectivity index (χ2n) is 1.52. The van der Waals surface area contributed by atoms with E-state index in [0.29, 0.717) is 0 Å². The second kappa shape index (κ2) is 23.8. The number of halogens is 2. The predicted octanol–water partition coefficient (Wildman–Crippen LogP) is 2.77. The third kappa shape index (κ3) is 16.8. The molecule has 0 aliphatic carbocycles. The molecule has 7 heteroatoms. The molecule has 0 saturated carbocycles. The van der Waals surface area contributed by atoms with Crippen LogP contribution in [0.15, 0.2) is 24.3 Å². The van der Waals surface area contributed by atoms with Gasteiger partial charge < -0.3 is 17.2 Å². The largest absolute Gasteiger partial charge is 4.00 e. The van der Waals surface area contributed by atoms with Crippen LogP contribution in [0.4, 0.5) is 8.22 Å². The van der Waals surface area contributed by atoms with Gasteiger partial charge in [-0.3, -0.25) is 8.22 Å². The molecule has 0 aliphatic rings. The van der Waals surface area contributed by atoms with Crippen molar-refractivity contribution in [2.24, 2.45) is 0 Å². The summed E-state index contributed by atoms with van der Waals surface area (Å²) in [7, 11) is 0.270. The molecule has 0 amide bonds. The Morgan fingerprint density at radius 2 is 1.13 bits per heavy atom. The van der Waals surface area contributed by atoms with Crippen LogP contribution in [-0.4, -0.2) is 30.6 Å². The smallest absolute Gasteiger partial charge is 0.680 e. The molecule has 0 fully saturated rings. The third-order valence-electron chi connectivity index (χ3n) is 0.940. The van der Waals surface area contributed by atoms with E-state index in [1.165, 1.54) is 33.3 Å². The first-order valence-corrected chi connectivity index (χ1v) is 5.25. The summed E-state index contributed by atoms with van der Waals surface area (Å²) in [6.45, 7) is 0. The molecule has 1 rings (SSSR count). The van der Waals surface area contributed by atoms with Crippen LogP contribution in [0.2, 0.25) is 0 Å². The third-order valence-corrected chi connectivity index (χ3v) is 1.83. The van der Waals surface area contributed by atoms with Crippen molar-refractivity contribution in [2.45, 2.75) is 0 Å². The van der Waals surface area contributed by atoms with Gasteiger partial charge in [0, 0.05) is 0 Å². The molecule has 15 heavy (non-hydrogen) atoms. The van der Waals surface area contributed by atoms with Crippen LogP contribution in [0.1, 0.15) is 0 Å². The van der Waals surface area contributed by atoms with Gasteiger partial charge in [0.25, 0.3) is 0 Å². The number of hydrogen-bond acceptors (Lipinski definition) is 0. The fraction of sp³-hybridized carbons (Fsp3) is 0.375. The summed E-state index contributed by atoms with van der Waals surface area (Å²) in [4.78, 5) is 0. The Bertz CT molecular complexity index is 163. The Morgan fingerprint density at radius 1 is 0.867 bits per heavy atom. The fourth-order valence-corrected chi connectivity index (χ4v) is 1.05. The molecule has 0 radical (unpaired) electrons. The zero-order valence-electron chi connectivity index (χ0n) is 9.14. The van der Waals surface area contributed by atoms with Gasteiger partial charge in [-0.15, -0.1) is 5.19 Å². The maximum atomic E-state index is 11.7. The molecule has 0 saturated heterocycles. The number of rotatable bonds is 1. The first-order valence-electron chi connectivity index (χ1n) is 3.80. The molecule has 0 heterocycles. The SMILES string of the molecule is C[NH-].C[NH-].C[NH-].F[SiH](F)[c-]1cccc1.[Hf+4]. The zero-order valence-corrected chi connectivity index (χ0v) is 13.9. The quantitative estimate of drug-likeness (QED) is 0.396. The molecule has 0 aromatic heterocycles. The van der Waals surface area contributed by atoms with Gasteiger partial charge >= 0.3 is 35.3 Å². The maximum Gasteiger partial charge on any atom is 4.00 e. The normalized spacial score (nSPS) is 6.73. The topological polar surface area (TPSA) is 71.4 Å². The van der Waals surface area contributed by atoms with Gasteiger partial charge in [-0.25, -0.2) is 12.1 Å². The molecule has 0 unspecified atom stereocenters. The van der Waals surface area contributed by atoms with Crippen molar-refractivity contribution < 1.29 is 34.1 Å². The molecule has 1 aromatic carbocycles. The monoisotopic (exact) mass is 401 g/mol. The van der Waals surface area contributed by atoms with Gasteiger partial charge in [0.15, 0.2) is 0 Å². The van der Waals surface area contributed by atoms with Crippen molar-refractivity contribution in [3.63, 3.8) is 0 Å². The van der Waals surface area contributed by atoms with Crippen LogP contribution in [-0.2, 0) is 25.8 Å². The molecule has 86 valence electrons. The van der Waals surface area contributed by atoms with E-state index in [9.17, 15) is 8.22 Å². The predicted molar refractivity (Wildman–Crippen MR) is 61.8 cm³/mol. The second-order valence-corrected chi connectivity index (χ2v) is 2.79. The average molecular weight is 400 g/mol. The summed E-state index contributed by atoms with van der Waals surface area (Å²) >= 11 is 0. The van der Waals surface area contributed by atoms with Crippen LogP contribution < -0.4 is 5.19 Å². The zero-order chi connectivity index (χ0) is 12.0. The van der Waals surface area contributed by atoms with Crippen LogP contribution in [0.25, 0.3) is 17.2 Å². The Balaban J connectivity index is -0.0000000755. The Morgan fingerprint density at radius 3 is 1.27 bits per heavy atom. The molecular weight excluding hydrogens is 383 g/mol. The fourth-order valence-electron chi connectivity index (χ4n) is 0.534.